The van der Waals surface area contributed by atoms with Gasteiger partial charge in [-0.3, -0.25) is 4.68 Å². The quantitative estimate of drug-likeness (QED) is 0.0892. The minimum atomic E-state index is -4.00. The molecule has 1 aliphatic heterocycles. The summed E-state index contributed by atoms with van der Waals surface area (Å²) in [4.78, 5) is 0.181. The second-order valence-corrected chi connectivity index (χ2v) is 15.9. The maximum Gasteiger partial charge on any atom is 0.243 e. The lowest BCUT2D eigenvalue weighted by atomic mass is 9.86. The van der Waals surface area contributed by atoms with Gasteiger partial charge in [-0.15, -0.1) is 5.10 Å². The number of fused-ring (bicyclic) bond motifs is 1. The fraction of sp³-hybridized carbons (Fsp3) is 0.364. The molecule has 0 bridgehead atoms. The van der Waals surface area contributed by atoms with Crippen LogP contribution in [0.15, 0.2) is 102 Å². The number of aliphatic hydroxyl groups is 1. The van der Waals surface area contributed by atoms with E-state index >= 15 is 0 Å². The van der Waals surface area contributed by atoms with Crippen LogP contribution in [0.3, 0.4) is 0 Å². The summed E-state index contributed by atoms with van der Waals surface area (Å²) in [5.74, 6) is 1.13. The van der Waals surface area contributed by atoms with Gasteiger partial charge in [-0.25, -0.2) is 8.42 Å². The van der Waals surface area contributed by atoms with Crippen LogP contribution in [-0.4, -0.2) is 45.5 Å². The second kappa shape index (κ2) is 18.5. The molecule has 54 heavy (non-hydrogen) atoms. The van der Waals surface area contributed by atoms with Gasteiger partial charge in [-0.05, 0) is 67.7 Å². The zero-order chi connectivity index (χ0) is 37.9. The molecule has 1 aromatic heterocycles. The molecule has 6 rings (SSSR count). The van der Waals surface area contributed by atoms with E-state index in [0.29, 0.717) is 23.8 Å². The van der Waals surface area contributed by atoms with Crippen LogP contribution >= 0.6 is 0 Å². The lowest BCUT2D eigenvalue weighted by Gasteiger charge is -2.41. The largest absolute Gasteiger partial charge is 0.488 e. The number of aromatic nitrogens is 3. The Morgan fingerprint density at radius 3 is 2.11 bits per heavy atom. The topological polar surface area (TPSA) is 107 Å². The van der Waals surface area contributed by atoms with Gasteiger partial charge in [0.05, 0.1) is 29.8 Å². The Balaban J connectivity index is 1.41. The third-order valence-corrected chi connectivity index (χ3v) is 12.1. The molecule has 284 valence electrons. The average Bonchev–Trinajstić information content (AvgIpc) is 3.65. The summed E-state index contributed by atoms with van der Waals surface area (Å²) in [6, 6.07) is 27.2. The smallest absolute Gasteiger partial charge is 0.243 e. The Kier molecular flexibility index (Phi) is 13.4. The van der Waals surface area contributed by atoms with E-state index in [1.807, 2.05) is 104 Å². The number of aliphatic hydroxyl groups excluding tert-OH is 1. The van der Waals surface area contributed by atoms with Crippen LogP contribution in [0.25, 0.3) is 12.2 Å². The molecule has 0 aliphatic carbocycles. The molecule has 0 saturated heterocycles. The van der Waals surface area contributed by atoms with Crippen molar-refractivity contribution in [3.8, 4) is 11.5 Å². The van der Waals surface area contributed by atoms with Crippen molar-refractivity contribution >= 4 is 22.2 Å². The zero-order valence-electron chi connectivity index (χ0n) is 31.6. The number of hydrogen-bond donors (Lipinski definition) is 1. The molecular weight excluding hydrogens is 697 g/mol. The van der Waals surface area contributed by atoms with Gasteiger partial charge in [0, 0.05) is 23.7 Å². The minimum Gasteiger partial charge on any atom is -0.488 e. The maximum absolute atomic E-state index is 14.4. The summed E-state index contributed by atoms with van der Waals surface area (Å²) in [7, 11) is -4.00. The number of nitrogens with zero attached hydrogens (tertiary/aromatic N) is 4. The van der Waals surface area contributed by atoms with E-state index in [4.69, 9.17) is 9.47 Å². The van der Waals surface area contributed by atoms with Crippen molar-refractivity contribution in [2.45, 2.75) is 102 Å². The first kappa shape index (κ1) is 38.9. The van der Waals surface area contributed by atoms with E-state index in [9.17, 15) is 13.5 Å². The van der Waals surface area contributed by atoms with E-state index in [2.05, 4.69) is 17.2 Å². The van der Waals surface area contributed by atoms with Gasteiger partial charge in [0.2, 0.25) is 10.0 Å². The molecule has 4 aromatic carbocycles. The third-order valence-electron chi connectivity index (χ3n) is 10.0. The first-order valence-electron chi connectivity index (χ1n) is 19.1. The molecule has 5 aromatic rings. The minimum absolute atomic E-state index is 0.181. The fourth-order valence-electron chi connectivity index (χ4n) is 7.16. The molecule has 0 radical (unpaired) electrons. The first-order valence-corrected chi connectivity index (χ1v) is 20.5. The van der Waals surface area contributed by atoms with E-state index in [1.54, 1.807) is 24.3 Å². The number of unbranched alkanes of at least 4 members (excludes halogenated alkanes) is 5. The predicted octanol–water partition coefficient (Wildman–Crippen LogP) is 8.94. The Bertz CT molecular complexity index is 2080. The zero-order valence-corrected chi connectivity index (χ0v) is 32.4. The van der Waals surface area contributed by atoms with E-state index in [1.165, 1.54) is 36.4 Å². The molecule has 9 nitrogen and oxygen atoms in total. The second-order valence-electron chi connectivity index (χ2n) is 14.1. The van der Waals surface area contributed by atoms with Crippen molar-refractivity contribution in [2.24, 2.45) is 0 Å². The molecule has 0 amide bonds. The maximum atomic E-state index is 14.4. The Morgan fingerprint density at radius 1 is 0.833 bits per heavy atom. The van der Waals surface area contributed by atoms with Gasteiger partial charge >= 0.3 is 0 Å². The summed E-state index contributed by atoms with van der Waals surface area (Å²) in [5, 5.41) is 19.6. The lowest BCUT2D eigenvalue weighted by Crippen LogP contribution is -2.48. The van der Waals surface area contributed by atoms with Crippen molar-refractivity contribution in [1.82, 2.24) is 19.3 Å². The number of aryl methyl sites for hydroxylation is 2. The average molecular weight is 749 g/mol. The molecule has 1 aliphatic rings. The van der Waals surface area contributed by atoms with Crippen LogP contribution in [0.2, 0.25) is 0 Å². The fourth-order valence-corrected chi connectivity index (χ4v) is 8.94. The number of ether oxygens (including phenoxy) is 2. The van der Waals surface area contributed by atoms with Crippen molar-refractivity contribution < 1.29 is 23.0 Å². The molecular formula is C44H52N4O5S. The van der Waals surface area contributed by atoms with Crippen LogP contribution in [-0.2, 0) is 36.2 Å². The summed E-state index contributed by atoms with van der Waals surface area (Å²) in [5.41, 5.74) is 6.04. The molecule has 0 spiro atoms. The van der Waals surface area contributed by atoms with Gasteiger partial charge in [0.1, 0.15) is 30.4 Å². The predicted molar refractivity (Wildman–Crippen MR) is 214 cm³/mol. The third kappa shape index (κ3) is 9.47. The van der Waals surface area contributed by atoms with Crippen LogP contribution in [0.5, 0.6) is 11.5 Å². The number of benzene rings is 4. The highest BCUT2D eigenvalue weighted by atomic mass is 32.2. The van der Waals surface area contributed by atoms with Crippen LogP contribution < -0.4 is 9.47 Å². The Labute approximate surface area is 320 Å². The SMILES string of the molecule is CCCCCCCCn1cc(/C=C/c2c(OCc3ccccc3)cc(OCc3ccccc3)c3c2C[C@@H](CO)N(S(=O)(=O)c2ccc(C)cc2)[C@H]3C)nn1. The highest BCUT2D eigenvalue weighted by Crippen LogP contribution is 2.47. The molecule has 2 atom stereocenters. The molecule has 1 N–H and O–H groups in total. The molecule has 10 heteroatoms. The molecule has 0 fully saturated rings. The monoisotopic (exact) mass is 748 g/mol. The Hall–Kier alpha value is -4.77. The van der Waals surface area contributed by atoms with Crippen molar-refractivity contribution in [3.63, 3.8) is 0 Å². The van der Waals surface area contributed by atoms with Gasteiger partial charge in [0.15, 0.2) is 0 Å². The lowest BCUT2D eigenvalue weighted by molar-refractivity contribution is 0.148. The standard InChI is InChI=1S/C44H52N4O5S/c1-4-5-6-7-8-15-26-47-29-37(45-46-47)22-25-40-41-27-38(30-49)48(54(50,51)39-23-20-33(2)21-24-39)34(3)44(41)43(53-32-36-18-13-10-14-19-36)28-42(40)52-31-35-16-11-9-12-17-35/h9-14,16-25,28-29,34,38,49H,4-8,15,26-27,30-32H2,1-3H3/b25-22+/t34-,38-/m0/s1. The van der Waals surface area contributed by atoms with Crippen molar-refractivity contribution in [1.29, 1.82) is 0 Å². The van der Waals surface area contributed by atoms with E-state index in [-0.39, 0.29) is 24.5 Å². The highest BCUT2D eigenvalue weighted by Gasteiger charge is 2.43. The molecule has 2 heterocycles. The van der Waals surface area contributed by atoms with Gasteiger partial charge in [-0.2, -0.15) is 4.31 Å². The van der Waals surface area contributed by atoms with Crippen LogP contribution in [0.4, 0.5) is 0 Å². The van der Waals surface area contributed by atoms with E-state index in [0.717, 1.165) is 46.3 Å². The summed E-state index contributed by atoms with van der Waals surface area (Å²) in [6.07, 6.45) is 13.3. The van der Waals surface area contributed by atoms with Gasteiger partial charge in [0.25, 0.3) is 0 Å². The van der Waals surface area contributed by atoms with Crippen molar-refractivity contribution in [2.75, 3.05) is 6.61 Å². The highest BCUT2D eigenvalue weighted by molar-refractivity contribution is 7.89. The van der Waals surface area contributed by atoms with Crippen LogP contribution in [0, 0.1) is 6.92 Å². The van der Waals surface area contributed by atoms with E-state index < -0.39 is 22.1 Å². The van der Waals surface area contributed by atoms with Crippen LogP contribution in [0.1, 0.15) is 97.5 Å². The number of sulfonamides is 1. The normalized spacial score (nSPS) is 16.1. The number of hydrogen-bond acceptors (Lipinski definition) is 7. The summed E-state index contributed by atoms with van der Waals surface area (Å²) in [6.45, 7) is 7.06. The van der Waals surface area contributed by atoms with Gasteiger partial charge in [-0.1, -0.05) is 123 Å². The molecule has 0 saturated carbocycles. The summed E-state index contributed by atoms with van der Waals surface area (Å²) < 4.78 is 45.2. The first-order chi connectivity index (χ1) is 26.3. The number of rotatable bonds is 18. The Morgan fingerprint density at radius 2 is 1.46 bits per heavy atom. The van der Waals surface area contributed by atoms with Gasteiger partial charge < -0.3 is 14.6 Å². The van der Waals surface area contributed by atoms with Crippen molar-refractivity contribution in [3.05, 3.63) is 136 Å². The summed E-state index contributed by atoms with van der Waals surface area (Å²) >= 11 is 0. The molecule has 0 unspecified atom stereocenters.